The first-order chi connectivity index (χ1) is 17.5. The molecule has 2 aliphatic rings. The molecule has 186 valence electrons. The number of rotatable bonds is 9. The van der Waals surface area contributed by atoms with Gasteiger partial charge in [0.15, 0.2) is 0 Å². The van der Waals surface area contributed by atoms with Gasteiger partial charge in [-0.2, -0.15) is 0 Å². The molecule has 0 aliphatic carbocycles. The number of oxazole rings is 1. The fraction of sp³-hybridized carbons (Fsp3) is 0.250. The largest absolute Gasteiger partial charge is 0.445 e. The number of aromatic nitrogens is 2. The van der Waals surface area contributed by atoms with E-state index >= 15 is 0 Å². The molecular formula is C28H32N6O2. The average molecular weight is 485 g/mol. The van der Waals surface area contributed by atoms with Crippen molar-refractivity contribution in [2.24, 2.45) is 4.99 Å². The highest BCUT2D eigenvalue weighted by Gasteiger charge is 2.42. The molecular weight excluding hydrogens is 452 g/mol. The van der Waals surface area contributed by atoms with Gasteiger partial charge in [0.25, 0.3) is 0 Å². The molecule has 8 heteroatoms. The van der Waals surface area contributed by atoms with Gasteiger partial charge in [0.2, 0.25) is 11.5 Å². The van der Waals surface area contributed by atoms with Crippen LogP contribution in [0.2, 0.25) is 0 Å². The fourth-order valence-corrected chi connectivity index (χ4v) is 4.43. The number of hydrogen-bond acceptors (Lipinski definition) is 8. The molecule has 0 fully saturated rings. The van der Waals surface area contributed by atoms with Crippen LogP contribution in [0, 0.1) is 0 Å². The summed E-state index contributed by atoms with van der Waals surface area (Å²) < 4.78 is 5.60. The van der Waals surface area contributed by atoms with Crippen molar-refractivity contribution in [2.75, 3.05) is 6.54 Å². The lowest BCUT2D eigenvalue weighted by molar-refractivity contribution is 0.0780. The minimum atomic E-state index is -1.71. The number of dihydropyridines is 2. The zero-order valence-electron chi connectivity index (χ0n) is 20.8. The van der Waals surface area contributed by atoms with Crippen LogP contribution in [0.3, 0.4) is 0 Å². The van der Waals surface area contributed by atoms with Crippen molar-refractivity contribution in [3.63, 3.8) is 0 Å². The monoisotopic (exact) mass is 484 g/mol. The third-order valence-electron chi connectivity index (χ3n) is 6.29. The smallest absolute Gasteiger partial charge is 0.238 e. The van der Waals surface area contributed by atoms with E-state index in [2.05, 4.69) is 57.6 Å². The van der Waals surface area contributed by atoms with Gasteiger partial charge in [0.1, 0.15) is 6.26 Å². The zero-order valence-corrected chi connectivity index (χ0v) is 20.8. The van der Waals surface area contributed by atoms with Crippen molar-refractivity contribution in [3.8, 4) is 0 Å². The number of aliphatic imine (C=N–C) groups is 1. The number of pyridine rings is 1. The molecule has 0 saturated carbocycles. The third-order valence-corrected chi connectivity index (χ3v) is 6.29. The van der Waals surface area contributed by atoms with Gasteiger partial charge < -0.3 is 25.5 Å². The Bertz CT molecular complexity index is 1270. The Balaban J connectivity index is 1.75. The minimum Gasteiger partial charge on any atom is -0.445 e. The van der Waals surface area contributed by atoms with Crippen LogP contribution in [0.1, 0.15) is 38.8 Å². The lowest BCUT2D eigenvalue weighted by Gasteiger charge is -2.32. The van der Waals surface area contributed by atoms with Crippen LogP contribution in [0.5, 0.6) is 0 Å². The van der Waals surface area contributed by atoms with Crippen LogP contribution in [-0.2, 0) is 5.60 Å². The Morgan fingerprint density at radius 1 is 1.33 bits per heavy atom. The van der Waals surface area contributed by atoms with Crippen molar-refractivity contribution in [1.29, 1.82) is 0 Å². The molecule has 2 atom stereocenters. The van der Waals surface area contributed by atoms with E-state index < -0.39 is 5.60 Å². The van der Waals surface area contributed by atoms with E-state index in [1.165, 1.54) is 18.0 Å². The SMILES string of the molecule is C=N/C=C(/C1=C(C)C(NC(=CCC)C(O)(c2ccccn2)c2ncco2)=CNC1)C1NC=CC=C1C. The van der Waals surface area contributed by atoms with E-state index in [1.54, 1.807) is 24.5 Å². The quantitative estimate of drug-likeness (QED) is 0.399. The van der Waals surface area contributed by atoms with Crippen molar-refractivity contribution < 1.29 is 9.52 Å². The van der Waals surface area contributed by atoms with Gasteiger partial charge in [-0.05, 0) is 68.1 Å². The Morgan fingerprint density at radius 3 is 2.86 bits per heavy atom. The molecule has 0 spiro atoms. The van der Waals surface area contributed by atoms with E-state index in [-0.39, 0.29) is 11.9 Å². The Labute approximate surface area is 211 Å². The minimum absolute atomic E-state index is 0.0185. The standard InChI is InChI=1S/C28H32N6O2/c1-5-9-25(28(35,27-33-14-15-36-27)24-11-6-7-12-31-24)34-23-18-30-17-21(20(23)3)22(16-29-4)26-19(2)10-8-13-32-26/h6-16,18,26,30,32,34-35H,4-5,17H2,1-3H3/b22-16-,25-9?. The van der Waals surface area contributed by atoms with Crippen molar-refractivity contribution in [2.45, 2.75) is 38.8 Å². The Hall–Kier alpha value is -4.17. The molecule has 2 aliphatic heterocycles. The summed E-state index contributed by atoms with van der Waals surface area (Å²) in [6.45, 7) is 10.5. The first-order valence-electron chi connectivity index (χ1n) is 11.9. The van der Waals surface area contributed by atoms with Gasteiger partial charge >= 0.3 is 0 Å². The summed E-state index contributed by atoms with van der Waals surface area (Å²) in [4.78, 5) is 12.8. The van der Waals surface area contributed by atoms with Crippen LogP contribution >= 0.6 is 0 Å². The van der Waals surface area contributed by atoms with Gasteiger partial charge in [0.05, 0.1) is 29.3 Å². The highest BCUT2D eigenvalue weighted by atomic mass is 16.4. The summed E-state index contributed by atoms with van der Waals surface area (Å²) >= 11 is 0. The van der Waals surface area contributed by atoms with Gasteiger partial charge in [-0.1, -0.05) is 25.1 Å². The molecule has 4 N–H and O–H groups in total. The second-order valence-electron chi connectivity index (χ2n) is 8.59. The van der Waals surface area contributed by atoms with Crippen LogP contribution in [0.25, 0.3) is 0 Å². The van der Waals surface area contributed by atoms with E-state index in [1.807, 2.05) is 37.5 Å². The number of nitrogens with zero attached hydrogens (tertiary/aromatic N) is 3. The maximum Gasteiger partial charge on any atom is 0.238 e. The molecule has 2 unspecified atom stereocenters. The summed E-state index contributed by atoms with van der Waals surface area (Å²) in [6, 6.07) is 5.36. The van der Waals surface area contributed by atoms with Gasteiger partial charge in [-0.15, -0.1) is 0 Å². The topological polar surface area (TPSA) is 108 Å². The zero-order chi connectivity index (χ0) is 25.5. The summed E-state index contributed by atoms with van der Waals surface area (Å²) in [7, 11) is 0. The second-order valence-corrected chi connectivity index (χ2v) is 8.59. The molecule has 0 radical (unpaired) electrons. The average Bonchev–Trinajstić information content (AvgIpc) is 3.45. The molecule has 4 heterocycles. The van der Waals surface area contributed by atoms with Crippen molar-refractivity contribution >= 4 is 6.72 Å². The van der Waals surface area contributed by atoms with Gasteiger partial charge in [-0.25, -0.2) is 4.98 Å². The molecule has 4 rings (SSSR count). The number of hydrogen-bond donors (Lipinski definition) is 4. The Morgan fingerprint density at radius 2 is 2.19 bits per heavy atom. The normalized spacial score (nSPS) is 20.1. The van der Waals surface area contributed by atoms with Crippen LogP contribution in [0.15, 0.2) is 117 Å². The predicted molar refractivity (Wildman–Crippen MR) is 141 cm³/mol. The summed E-state index contributed by atoms with van der Waals surface area (Å²) in [5.74, 6) is 0.134. The van der Waals surface area contributed by atoms with Gasteiger partial charge in [0, 0.05) is 30.7 Å². The molecule has 36 heavy (non-hydrogen) atoms. The lowest BCUT2D eigenvalue weighted by Crippen LogP contribution is -2.39. The fourth-order valence-electron chi connectivity index (χ4n) is 4.43. The third kappa shape index (κ3) is 4.81. The van der Waals surface area contributed by atoms with Crippen LogP contribution in [-0.4, -0.2) is 34.4 Å². The number of aliphatic hydroxyl groups is 1. The van der Waals surface area contributed by atoms with E-state index in [4.69, 9.17) is 4.42 Å². The van der Waals surface area contributed by atoms with E-state index in [9.17, 15) is 5.11 Å². The maximum atomic E-state index is 12.1. The van der Waals surface area contributed by atoms with Crippen LogP contribution < -0.4 is 16.0 Å². The molecule has 2 aromatic heterocycles. The predicted octanol–water partition coefficient (Wildman–Crippen LogP) is 3.97. The lowest BCUT2D eigenvalue weighted by atomic mass is 9.87. The number of allylic oxidation sites excluding steroid dienone is 4. The van der Waals surface area contributed by atoms with Crippen LogP contribution in [0.4, 0.5) is 0 Å². The first kappa shape index (κ1) is 24.9. The molecule has 0 aromatic carbocycles. The van der Waals surface area contributed by atoms with E-state index in [0.29, 0.717) is 24.4 Å². The Kier molecular flexibility index (Phi) is 7.65. The first-order valence-corrected chi connectivity index (χ1v) is 11.9. The highest BCUT2D eigenvalue weighted by molar-refractivity contribution is 5.53. The molecule has 0 amide bonds. The van der Waals surface area contributed by atoms with Crippen molar-refractivity contribution in [1.82, 2.24) is 25.9 Å². The molecule has 0 saturated heterocycles. The molecule has 0 bridgehead atoms. The highest BCUT2D eigenvalue weighted by Crippen LogP contribution is 2.36. The molecule has 8 nitrogen and oxygen atoms in total. The number of nitrogens with one attached hydrogen (secondary N) is 3. The summed E-state index contributed by atoms with van der Waals surface area (Å²) in [6.07, 6.45) is 16.9. The summed E-state index contributed by atoms with van der Waals surface area (Å²) in [5.41, 5.74) is 4.30. The van der Waals surface area contributed by atoms with Crippen molar-refractivity contribution in [3.05, 3.63) is 119 Å². The second kappa shape index (κ2) is 11.0. The maximum absolute atomic E-state index is 12.1. The summed E-state index contributed by atoms with van der Waals surface area (Å²) in [5, 5.41) is 22.3. The van der Waals surface area contributed by atoms with E-state index in [0.717, 1.165) is 22.4 Å². The van der Waals surface area contributed by atoms with Gasteiger partial charge in [-0.3, -0.25) is 9.98 Å². The molecule has 2 aromatic rings.